The van der Waals surface area contributed by atoms with Crippen LogP contribution >= 0.6 is 23.2 Å². The molecule has 0 amide bonds. The molecule has 0 saturated carbocycles. The third-order valence-corrected chi connectivity index (χ3v) is 3.46. The van der Waals surface area contributed by atoms with Crippen molar-refractivity contribution >= 4 is 34.1 Å². The molecule has 98 valence electrons. The second kappa shape index (κ2) is 5.00. The molecule has 0 aliphatic rings. The van der Waals surface area contributed by atoms with Crippen molar-refractivity contribution in [1.82, 2.24) is 4.98 Å². The molecule has 2 rings (SSSR count). The highest BCUT2D eigenvalue weighted by molar-refractivity contribution is 6.38. The van der Waals surface area contributed by atoms with Gasteiger partial charge in [-0.05, 0) is 23.8 Å². The van der Waals surface area contributed by atoms with Crippen LogP contribution in [0.5, 0.6) is 0 Å². The number of nitrogens with zero attached hydrogens (tertiary/aromatic N) is 2. The summed E-state index contributed by atoms with van der Waals surface area (Å²) in [6.45, 7) is 6.26. The lowest BCUT2D eigenvalue weighted by Crippen LogP contribution is -2.14. The smallest absolute Gasteiger partial charge is 0.0738 e. The van der Waals surface area contributed by atoms with Crippen LogP contribution in [0.2, 0.25) is 10.0 Å². The Bertz CT molecular complexity index is 679. The van der Waals surface area contributed by atoms with Crippen LogP contribution < -0.4 is 0 Å². The molecule has 0 aliphatic carbocycles. The molecule has 2 aromatic rings. The van der Waals surface area contributed by atoms with Crippen LogP contribution in [0.4, 0.5) is 0 Å². The van der Waals surface area contributed by atoms with Crippen LogP contribution in [-0.4, -0.2) is 4.98 Å². The Balaban J connectivity index is 2.84. The summed E-state index contributed by atoms with van der Waals surface area (Å²) in [6.07, 6.45) is 0.309. The summed E-state index contributed by atoms with van der Waals surface area (Å²) >= 11 is 12.3. The first kappa shape index (κ1) is 14.1. The second-order valence-electron chi connectivity index (χ2n) is 5.53. The predicted molar refractivity (Wildman–Crippen MR) is 79.8 cm³/mol. The fourth-order valence-corrected chi connectivity index (χ4v) is 2.58. The lowest BCUT2D eigenvalue weighted by atomic mass is 9.89. The summed E-state index contributed by atoms with van der Waals surface area (Å²) < 4.78 is 0. The SMILES string of the molecule is CC(C)(C)c1cc(CC#N)c2c(Cl)cc(Cl)cc2n1. The zero-order chi connectivity index (χ0) is 14.2. The summed E-state index contributed by atoms with van der Waals surface area (Å²) in [5, 5.41) is 10.9. The maximum atomic E-state index is 8.98. The van der Waals surface area contributed by atoms with Crippen molar-refractivity contribution in [2.75, 3.05) is 0 Å². The quantitative estimate of drug-likeness (QED) is 0.749. The van der Waals surface area contributed by atoms with Gasteiger partial charge in [0.2, 0.25) is 0 Å². The first-order valence-corrected chi connectivity index (χ1v) is 6.74. The number of pyridine rings is 1. The van der Waals surface area contributed by atoms with Crippen molar-refractivity contribution < 1.29 is 0 Å². The van der Waals surface area contributed by atoms with E-state index >= 15 is 0 Å². The zero-order valence-electron chi connectivity index (χ0n) is 11.1. The second-order valence-corrected chi connectivity index (χ2v) is 6.38. The number of rotatable bonds is 1. The Morgan fingerprint density at radius 3 is 2.47 bits per heavy atom. The minimum atomic E-state index is -0.0901. The van der Waals surface area contributed by atoms with E-state index in [9.17, 15) is 0 Å². The topological polar surface area (TPSA) is 36.7 Å². The maximum Gasteiger partial charge on any atom is 0.0738 e. The van der Waals surface area contributed by atoms with Crippen LogP contribution in [-0.2, 0) is 11.8 Å². The normalized spacial score (nSPS) is 11.6. The molecule has 0 radical (unpaired) electrons. The van der Waals surface area contributed by atoms with Gasteiger partial charge >= 0.3 is 0 Å². The largest absolute Gasteiger partial charge is 0.252 e. The van der Waals surface area contributed by atoms with E-state index in [-0.39, 0.29) is 5.41 Å². The molecule has 1 aromatic carbocycles. The van der Waals surface area contributed by atoms with Gasteiger partial charge in [-0.1, -0.05) is 44.0 Å². The van der Waals surface area contributed by atoms with Crippen molar-refractivity contribution in [2.45, 2.75) is 32.6 Å². The van der Waals surface area contributed by atoms with Gasteiger partial charge in [0, 0.05) is 21.5 Å². The maximum absolute atomic E-state index is 8.98. The van der Waals surface area contributed by atoms with Crippen molar-refractivity contribution in [3.05, 3.63) is 39.5 Å². The molecule has 0 fully saturated rings. The number of hydrogen-bond donors (Lipinski definition) is 0. The highest BCUT2D eigenvalue weighted by Gasteiger charge is 2.19. The van der Waals surface area contributed by atoms with Gasteiger partial charge in [-0.25, -0.2) is 0 Å². The van der Waals surface area contributed by atoms with Gasteiger partial charge in [0.25, 0.3) is 0 Å². The van der Waals surface area contributed by atoms with Gasteiger partial charge < -0.3 is 0 Å². The third-order valence-electron chi connectivity index (χ3n) is 2.95. The van der Waals surface area contributed by atoms with Crippen LogP contribution in [0, 0.1) is 11.3 Å². The molecule has 0 bridgehead atoms. The number of hydrogen-bond acceptors (Lipinski definition) is 2. The van der Waals surface area contributed by atoms with Gasteiger partial charge in [0.1, 0.15) is 0 Å². The van der Waals surface area contributed by atoms with Crippen LogP contribution in [0.3, 0.4) is 0 Å². The number of halogens is 2. The average molecular weight is 293 g/mol. The molecule has 0 aliphatic heterocycles. The van der Waals surface area contributed by atoms with E-state index in [0.29, 0.717) is 16.5 Å². The molecule has 4 heteroatoms. The van der Waals surface area contributed by atoms with E-state index in [1.165, 1.54) is 0 Å². The number of aromatic nitrogens is 1. The number of fused-ring (bicyclic) bond motifs is 1. The molecule has 0 saturated heterocycles. The van der Waals surface area contributed by atoms with E-state index in [4.69, 9.17) is 28.5 Å². The summed E-state index contributed by atoms with van der Waals surface area (Å²) in [5.41, 5.74) is 2.49. The Labute approximate surface area is 123 Å². The fraction of sp³-hybridized carbons (Fsp3) is 0.333. The van der Waals surface area contributed by atoms with E-state index in [1.54, 1.807) is 12.1 Å². The molecule has 1 aromatic heterocycles. The molecule has 0 atom stereocenters. The highest BCUT2D eigenvalue weighted by atomic mass is 35.5. The molecule has 0 N–H and O–H groups in total. The Hall–Kier alpha value is -1.30. The van der Waals surface area contributed by atoms with Crippen molar-refractivity contribution in [2.24, 2.45) is 0 Å². The Morgan fingerprint density at radius 2 is 1.89 bits per heavy atom. The average Bonchev–Trinajstić information content (AvgIpc) is 2.26. The zero-order valence-corrected chi connectivity index (χ0v) is 12.6. The molecular weight excluding hydrogens is 279 g/mol. The first-order chi connectivity index (χ1) is 8.82. The predicted octanol–water partition coefficient (Wildman–Crippen LogP) is 4.91. The molecule has 0 spiro atoms. The van der Waals surface area contributed by atoms with Crippen molar-refractivity contribution in [3.63, 3.8) is 0 Å². The van der Waals surface area contributed by atoms with E-state index in [1.807, 2.05) is 6.07 Å². The van der Waals surface area contributed by atoms with Gasteiger partial charge in [-0.3, -0.25) is 4.98 Å². The summed E-state index contributed by atoms with van der Waals surface area (Å²) in [5.74, 6) is 0. The number of benzene rings is 1. The van der Waals surface area contributed by atoms with E-state index in [2.05, 4.69) is 31.8 Å². The molecule has 1 heterocycles. The van der Waals surface area contributed by atoms with Crippen LogP contribution in [0.1, 0.15) is 32.0 Å². The number of nitriles is 1. The van der Waals surface area contributed by atoms with Gasteiger partial charge in [0.15, 0.2) is 0 Å². The minimum Gasteiger partial charge on any atom is -0.252 e. The fourth-order valence-electron chi connectivity index (χ4n) is 1.97. The molecule has 19 heavy (non-hydrogen) atoms. The molecule has 2 nitrogen and oxygen atoms in total. The Kier molecular flexibility index (Phi) is 3.71. The minimum absolute atomic E-state index is 0.0901. The van der Waals surface area contributed by atoms with Crippen molar-refractivity contribution in [1.29, 1.82) is 5.26 Å². The van der Waals surface area contributed by atoms with Crippen LogP contribution in [0.15, 0.2) is 18.2 Å². The van der Waals surface area contributed by atoms with Gasteiger partial charge in [-0.2, -0.15) is 5.26 Å². The third kappa shape index (κ3) is 2.83. The first-order valence-electron chi connectivity index (χ1n) is 5.99. The van der Waals surface area contributed by atoms with E-state index < -0.39 is 0 Å². The van der Waals surface area contributed by atoms with Gasteiger partial charge in [0.05, 0.1) is 23.0 Å². The summed E-state index contributed by atoms with van der Waals surface area (Å²) in [6, 6.07) is 7.62. The lowest BCUT2D eigenvalue weighted by Gasteiger charge is -2.20. The summed E-state index contributed by atoms with van der Waals surface area (Å²) in [4.78, 5) is 4.63. The Morgan fingerprint density at radius 1 is 1.21 bits per heavy atom. The van der Waals surface area contributed by atoms with Crippen LogP contribution in [0.25, 0.3) is 10.9 Å². The highest BCUT2D eigenvalue weighted by Crippen LogP contribution is 2.33. The molecular formula is C15H14Cl2N2. The van der Waals surface area contributed by atoms with Crippen molar-refractivity contribution in [3.8, 4) is 6.07 Å². The molecule has 0 unspecified atom stereocenters. The van der Waals surface area contributed by atoms with Gasteiger partial charge in [-0.15, -0.1) is 0 Å². The summed E-state index contributed by atoms with van der Waals surface area (Å²) in [7, 11) is 0. The lowest BCUT2D eigenvalue weighted by molar-refractivity contribution is 0.571. The monoisotopic (exact) mass is 292 g/mol. The standard InChI is InChI=1S/C15H14Cl2N2/c1-15(2,3)13-6-9(4-5-18)14-11(17)7-10(16)8-12(14)19-13/h6-8H,4H2,1-3H3. The van der Waals surface area contributed by atoms with E-state index in [0.717, 1.165) is 22.2 Å².